The van der Waals surface area contributed by atoms with E-state index in [9.17, 15) is 14.4 Å². The largest absolute Gasteiger partial charge is 0.465 e. The minimum Gasteiger partial charge on any atom is -0.465 e. The number of hydrogen-bond donors (Lipinski definition) is 2. The Morgan fingerprint density at radius 2 is 1.70 bits per heavy atom. The molecule has 0 aliphatic carbocycles. The van der Waals surface area contributed by atoms with Crippen molar-refractivity contribution in [2.75, 3.05) is 43.5 Å². The average Bonchev–Trinajstić information content (AvgIpc) is 2.84. The predicted molar refractivity (Wildman–Crippen MR) is 144 cm³/mol. The highest BCUT2D eigenvalue weighted by Gasteiger charge is 2.15. The van der Waals surface area contributed by atoms with Gasteiger partial charge in [-0.3, -0.25) is 19.3 Å². The van der Waals surface area contributed by atoms with Crippen LogP contribution in [0, 0.1) is 0 Å². The Morgan fingerprint density at radius 3 is 2.38 bits per heavy atom. The van der Waals surface area contributed by atoms with Gasteiger partial charge in [0.05, 0.1) is 31.8 Å². The number of rotatable bonds is 12. The molecule has 1 amide bonds. The summed E-state index contributed by atoms with van der Waals surface area (Å²) in [7, 11) is 0. The number of esters is 2. The Labute approximate surface area is 223 Å². The lowest BCUT2D eigenvalue weighted by Crippen LogP contribution is -2.36. The SMILES string of the molecule is CCOC(=O)CN(CC=CC(=O)Nc1ccc2ncnc(Nc3cccc(Br)c3)c2c1)CC(=O)OCC. The number of nitrogens with zero attached hydrogens (tertiary/aromatic N) is 3. The number of carbonyl (C=O) groups excluding carboxylic acids is 3. The van der Waals surface area contributed by atoms with Crippen LogP contribution < -0.4 is 10.6 Å². The van der Waals surface area contributed by atoms with Gasteiger partial charge in [-0.15, -0.1) is 0 Å². The summed E-state index contributed by atoms with van der Waals surface area (Å²) < 4.78 is 10.8. The maximum atomic E-state index is 12.5. The van der Waals surface area contributed by atoms with E-state index >= 15 is 0 Å². The summed E-state index contributed by atoms with van der Waals surface area (Å²) in [4.78, 5) is 46.4. The topological polar surface area (TPSA) is 123 Å². The molecule has 0 saturated heterocycles. The first-order valence-corrected chi connectivity index (χ1v) is 12.5. The average molecular weight is 570 g/mol. The van der Waals surface area contributed by atoms with Gasteiger partial charge in [-0.25, -0.2) is 9.97 Å². The molecule has 0 aliphatic rings. The zero-order valence-electron chi connectivity index (χ0n) is 20.6. The zero-order chi connectivity index (χ0) is 26.6. The van der Waals surface area contributed by atoms with Crippen molar-refractivity contribution in [2.45, 2.75) is 13.8 Å². The summed E-state index contributed by atoms with van der Waals surface area (Å²) >= 11 is 3.45. The highest BCUT2D eigenvalue weighted by molar-refractivity contribution is 9.10. The van der Waals surface area contributed by atoms with E-state index < -0.39 is 11.9 Å². The minimum absolute atomic E-state index is 0.100. The molecule has 0 fully saturated rings. The molecule has 194 valence electrons. The van der Waals surface area contributed by atoms with Crippen LogP contribution >= 0.6 is 15.9 Å². The summed E-state index contributed by atoms with van der Waals surface area (Å²) in [5.41, 5.74) is 2.13. The first-order chi connectivity index (χ1) is 17.9. The van der Waals surface area contributed by atoms with Crippen molar-refractivity contribution in [3.8, 4) is 0 Å². The standard InChI is InChI=1S/C26H28BrN5O5/c1-3-36-24(34)15-32(16-25(35)37-4-2)12-6-9-23(33)30-20-10-11-22-21(14-20)26(29-17-28-22)31-19-8-5-7-18(27)13-19/h5-11,13-14,17H,3-4,12,15-16H2,1-2H3,(H,30,33)(H,28,29,31). The molecule has 1 heterocycles. The van der Waals surface area contributed by atoms with E-state index in [1.807, 2.05) is 24.3 Å². The number of carbonyl (C=O) groups is 3. The van der Waals surface area contributed by atoms with Gasteiger partial charge in [0.15, 0.2) is 0 Å². The molecular formula is C26H28BrN5O5. The third-order valence-corrected chi connectivity index (χ3v) is 5.43. The van der Waals surface area contributed by atoms with E-state index in [1.54, 1.807) is 38.1 Å². The molecule has 0 aliphatic heterocycles. The number of aromatic nitrogens is 2. The molecule has 1 aromatic heterocycles. The number of fused-ring (bicyclic) bond motifs is 1. The summed E-state index contributed by atoms with van der Waals surface area (Å²) in [6.45, 7) is 3.86. The molecule has 0 unspecified atom stereocenters. The van der Waals surface area contributed by atoms with Crippen LogP contribution in [-0.2, 0) is 23.9 Å². The van der Waals surface area contributed by atoms with E-state index in [4.69, 9.17) is 9.47 Å². The molecule has 3 rings (SSSR count). The Hall–Kier alpha value is -3.83. The maximum absolute atomic E-state index is 12.5. The van der Waals surface area contributed by atoms with Gasteiger partial charge in [0.1, 0.15) is 12.1 Å². The van der Waals surface area contributed by atoms with Crippen LogP contribution in [0.5, 0.6) is 0 Å². The van der Waals surface area contributed by atoms with Crippen molar-refractivity contribution in [1.29, 1.82) is 0 Å². The first kappa shape index (κ1) is 27.8. The molecule has 3 aromatic rings. The molecule has 0 spiro atoms. The monoisotopic (exact) mass is 569 g/mol. The Bertz CT molecular complexity index is 1260. The molecule has 0 saturated carbocycles. The lowest BCUT2D eigenvalue weighted by molar-refractivity contribution is -0.147. The van der Waals surface area contributed by atoms with E-state index in [2.05, 4.69) is 36.5 Å². The maximum Gasteiger partial charge on any atom is 0.320 e. The molecule has 0 radical (unpaired) electrons. The number of hydrogen-bond acceptors (Lipinski definition) is 9. The smallest absolute Gasteiger partial charge is 0.320 e. The lowest BCUT2D eigenvalue weighted by Gasteiger charge is -2.18. The highest BCUT2D eigenvalue weighted by Crippen LogP contribution is 2.27. The molecule has 2 N–H and O–H groups in total. The van der Waals surface area contributed by atoms with Crippen LogP contribution in [0.1, 0.15) is 13.8 Å². The minimum atomic E-state index is -0.463. The number of nitrogens with one attached hydrogen (secondary N) is 2. The van der Waals surface area contributed by atoms with Crippen LogP contribution in [0.4, 0.5) is 17.2 Å². The van der Waals surface area contributed by atoms with E-state index in [0.29, 0.717) is 11.5 Å². The molecule has 0 bridgehead atoms. The number of anilines is 3. The first-order valence-electron chi connectivity index (χ1n) is 11.7. The number of halogens is 1. The fourth-order valence-corrected chi connectivity index (χ4v) is 3.79. The van der Waals surface area contributed by atoms with E-state index in [0.717, 1.165) is 21.1 Å². The molecule has 37 heavy (non-hydrogen) atoms. The van der Waals surface area contributed by atoms with Crippen LogP contribution in [-0.4, -0.2) is 65.6 Å². The lowest BCUT2D eigenvalue weighted by atomic mass is 10.2. The van der Waals surface area contributed by atoms with Gasteiger partial charge in [-0.2, -0.15) is 0 Å². The van der Waals surface area contributed by atoms with E-state index in [1.165, 1.54) is 17.3 Å². The van der Waals surface area contributed by atoms with Gasteiger partial charge < -0.3 is 20.1 Å². The van der Waals surface area contributed by atoms with Crippen molar-refractivity contribution >= 4 is 61.9 Å². The van der Waals surface area contributed by atoms with Crippen LogP contribution in [0.3, 0.4) is 0 Å². The summed E-state index contributed by atoms with van der Waals surface area (Å²) in [5.74, 6) is -0.696. The van der Waals surface area contributed by atoms with Crippen molar-refractivity contribution in [2.24, 2.45) is 0 Å². The molecule has 10 nitrogen and oxygen atoms in total. The van der Waals surface area contributed by atoms with Crippen LogP contribution in [0.2, 0.25) is 0 Å². The quantitative estimate of drug-likeness (QED) is 0.245. The van der Waals surface area contributed by atoms with Gasteiger partial charge in [0.2, 0.25) is 5.91 Å². The Balaban J connectivity index is 1.67. The molecule has 0 atom stereocenters. The van der Waals surface area contributed by atoms with Crippen LogP contribution in [0.15, 0.2) is 65.4 Å². The van der Waals surface area contributed by atoms with Gasteiger partial charge in [-0.1, -0.05) is 28.1 Å². The summed E-state index contributed by atoms with van der Waals surface area (Å²) in [5, 5.41) is 6.82. The van der Waals surface area contributed by atoms with Gasteiger partial charge in [0.25, 0.3) is 0 Å². The van der Waals surface area contributed by atoms with Gasteiger partial charge >= 0.3 is 11.9 Å². The molecular weight excluding hydrogens is 542 g/mol. The van der Waals surface area contributed by atoms with E-state index in [-0.39, 0.29) is 38.8 Å². The number of amides is 1. The Morgan fingerprint density at radius 1 is 0.973 bits per heavy atom. The predicted octanol–water partition coefficient (Wildman–Crippen LogP) is 4.06. The third-order valence-electron chi connectivity index (χ3n) is 4.94. The van der Waals surface area contributed by atoms with Gasteiger partial charge in [-0.05, 0) is 50.2 Å². The molecule has 11 heteroatoms. The number of ether oxygens (including phenoxy) is 2. The van der Waals surface area contributed by atoms with Crippen molar-refractivity contribution in [1.82, 2.24) is 14.9 Å². The van der Waals surface area contributed by atoms with Crippen molar-refractivity contribution in [3.63, 3.8) is 0 Å². The summed E-state index contributed by atoms with van der Waals surface area (Å²) in [6, 6.07) is 13.0. The second kappa shape index (κ2) is 14.0. The summed E-state index contributed by atoms with van der Waals surface area (Å²) in [6.07, 6.45) is 4.38. The highest BCUT2D eigenvalue weighted by atomic mass is 79.9. The van der Waals surface area contributed by atoms with Crippen LogP contribution in [0.25, 0.3) is 10.9 Å². The van der Waals surface area contributed by atoms with Crippen molar-refractivity contribution in [3.05, 3.63) is 65.4 Å². The van der Waals surface area contributed by atoms with Crippen molar-refractivity contribution < 1.29 is 23.9 Å². The number of benzene rings is 2. The zero-order valence-corrected chi connectivity index (χ0v) is 22.2. The Kier molecular flexibility index (Phi) is 10.5. The molecule has 2 aromatic carbocycles. The second-order valence-electron chi connectivity index (χ2n) is 7.76. The second-order valence-corrected chi connectivity index (χ2v) is 8.68. The van der Waals surface area contributed by atoms with Gasteiger partial charge in [0, 0.05) is 33.9 Å². The fraction of sp³-hybridized carbons (Fsp3) is 0.269. The fourth-order valence-electron chi connectivity index (χ4n) is 3.39. The normalized spacial score (nSPS) is 11.0. The third kappa shape index (κ3) is 8.96.